The molecule has 1 rings (SSSR count). The van der Waals surface area contributed by atoms with Crippen molar-refractivity contribution in [3.8, 4) is 0 Å². The van der Waals surface area contributed by atoms with Crippen LogP contribution in [0.5, 0.6) is 0 Å². The SMILES string of the molecule is Cc1cc(CNC(=S)NCC(C)C)cc(C)c1F. The van der Waals surface area contributed by atoms with Crippen molar-refractivity contribution in [2.24, 2.45) is 5.92 Å². The Kier molecular flexibility index (Phi) is 5.54. The molecule has 4 heteroatoms. The van der Waals surface area contributed by atoms with Gasteiger partial charge in [0.2, 0.25) is 0 Å². The molecule has 0 bridgehead atoms. The third-order valence-electron chi connectivity index (χ3n) is 2.62. The van der Waals surface area contributed by atoms with Gasteiger partial charge in [-0.25, -0.2) is 4.39 Å². The summed E-state index contributed by atoms with van der Waals surface area (Å²) >= 11 is 5.17. The van der Waals surface area contributed by atoms with Gasteiger partial charge in [0.15, 0.2) is 5.11 Å². The topological polar surface area (TPSA) is 24.1 Å². The van der Waals surface area contributed by atoms with Crippen LogP contribution in [0, 0.1) is 25.6 Å². The molecule has 0 radical (unpaired) electrons. The van der Waals surface area contributed by atoms with E-state index in [9.17, 15) is 4.39 Å². The van der Waals surface area contributed by atoms with Gasteiger partial charge >= 0.3 is 0 Å². The number of hydrogen-bond donors (Lipinski definition) is 2. The molecule has 2 N–H and O–H groups in total. The summed E-state index contributed by atoms with van der Waals surface area (Å²) in [6, 6.07) is 3.70. The molecule has 2 nitrogen and oxygen atoms in total. The maximum Gasteiger partial charge on any atom is 0.166 e. The second kappa shape index (κ2) is 6.69. The minimum absolute atomic E-state index is 0.126. The molecule has 0 atom stereocenters. The molecule has 0 aromatic heterocycles. The highest BCUT2D eigenvalue weighted by molar-refractivity contribution is 7.80. The highest BCUT2D eigenvalue weighted by Gasteiger charge is 2.04. The molecule has 0 spiro atoms. The lowest BCUT2D eigenvalue weighted by atomic mass is 10.1. The Morgan fingerprint density at radius 3 is 2.28 bits per heavy atom. The fourth-order valence-electron chi connectivity index (χ4n) is 1.68. The monoisotopic (exact) mass is 268 g/mol. The van der Waals surface area contributed by atoms with Crippen LogP contribution in [-0.4, -0.2) is 11.7 Å². The second-order valence-corrected chi connectivity index (χ2v) is 5.41. The molecule has 1 aromatic rings. The van der Waals surface area contributed by atoms with Crippen LogP contribution in [0.3, 0.4) is 0 Å². The summed E-state index contributed by atoms with van der Waals surface area (Å²) in [7, 11) is 0. The third kappa shape index (κ3) is 4.61. The maximum atomic E-state index is 13.5. The Morgan fingerprint density at radius 1 is 1.22 bits per heavy atom. The molecule has 0 heterocycles. The van der Waals surface area contributed by atoms with E-state index in [4.69, 9.17) is 12.2 Å². The number of halogens is 1. The van der Waals surface area contributed by atoms with Crippen molar-refractivity contribution in [3.05, 3.63) is 34.6 Å². The minimum atomic E-state index is -0.126. The first-order valence-electron chi connectivity index (χ1n) is 6.17. The summed E-state index contributed by atoms with van der Waals surface area (Å²) in [5.41, 5.74) is 2.39. The smallest absolute Gasteiger partial charge is 0.166 e. The molecule has 100 valence electrons. The summed E-state index contributed by atoms with van der Waals surface area (Å²) in [6.45, 7) is 9.28. The molecule has 0 aliphatic rings. The fourth-order valence-corrected chi connectivity index (χ4v) is 1.83. The number of thiocarbonyl (C=S) groups is 1. The predicted molar refractivity (Wildman–Crippen MR) is 78.2 cm³/mol. The zero-order valence-electron chi connectivity index (χ0n) is 11.4. The Hall–Kier alpha value is -1.16. The second-order valence-electron chi connectivity index (χ2n) is 5.00. The number of nitrogens with one attached hydrogen (secondary N) is 2. The molecule has 18 heavy (non-hydrogen) atoms. The largest absolute Gasteiger partial charge is 0.362 e. The molecular weight excluding hydrogens is 247 g/mol. The Bertz CT molecular complexity index is 407. The van der Waals surface area contributed by atoms with E-state index < -0.39 is 0 Å². The van der Waals surface area contributed by atoms with Crippen molar-refractivity contribution in [2.75, 3.05) is 6.54 Å². The standard InChI is InChI=1S/C14H21FN2S/c1-9(2)7-16-14(18)17-8-12-5-10(3)13(15)11(4)6-12/h5-6,9H,7-8H2,1-4H3,(H2,16,17,18). The van der Waals surface area contributed by atoms with Crippen molar-refractivity contribution in [2.45, 2.75) is 34.2 Å². The highest BCUT2D eigenvalue weighted by atomic mass is 32.1. The molecule has 1 aromatic carbocycles. The third-order valence-corrected chi connectivity index (χ3v) is 2.91. The zero-order chi connectivity index (χ0) is 13.7. The lowest BCUT2D eigenvalue weighted by Gasteiger charge is -2.13. The van der Waals surface area contributed by atoms with E-state index in [0.29, 0.717) is 28.7 Å². The molecule has 0 fully saturated rings. The van der Waals surface area contributed by atoms with Crippen LogP contribution >= 0.6 is 12.2 Å². The molecule has 0 saturated heterocycles. The quantitative estimate of drug-likeness (QED) is 0.821. The van der Waals surface area contributed by atoms with Gasteiger partial charge in [-0.3, -0.25) is 0 Å². The fraction of sp³-hybridized carbons (Fsp3) is 0.500. The average molecular weight is 268 g/mol. The first-order valence-corrected chi connectivity index (χ1v) is 6.58. The predicted octanol–water partition coefficient (Wildman–Crippen LogP) is 3.06. The van der Waals surface area contributed by atoms with Gasteiger partial charge in [-0.15, -0.1) is 0 Å². The van der Waals surface area contributed by atoms with Gasteiger partial charge in [-0.2, -0.15) is 0 Å². The lowest BCUT2D eigenvalue weighted by Crippen LogP contribution is -2.36. The van der Waals surface area contributed by atoms with Crippen LogP contribution in [0.15, 0.2) is 12.1 Å². The normalized spacial score (nSPS) is 10.6. The van der Waals surface area contributed by atoms with E-state index in [-0.39, 0.29) is 5.82 Å². The van der Waals surface area contributed by atoms with Crippen LogP contribution in [0.4, 0.5) is 4.39 Å². The first-order chi connectivity index (χ1) is 8.40. The number of aryl methyl sites for hydroxylation is 2. The van der Waals surface area contributed by atoms with E-state index in [2.05, 4.69) is 24.5 Å². The van der Waals surface area contributed by atoms with Gasteiger partial charge in [0.05, 0.1) is 0 Å². The minimum Gasteiger partial charge on any atom is -0.362 e. The number of hydrogen-bond acceptors (Lipinski definition) is 1. The first kappa shape index (κ1) is 14.9. The van der Waals surface area contributed by atoms with Crippen LogP contribution in [0.2, 0.25) is 0 Å². The van der Waals surface area contributed by atoms with Gasteiger partial charge in [0.25, 0.3) is 0 Å². The summed E-state index contributed by atoms with van der Waals surface area (Å²) in [5, 5.41) is 6.91. The molecule has 0 aliphatic heterocycles. The van der Waals surface area contributed by atoms with Crippen LogP contribution < -0.4 is 10.6 Å². The lowest BCUT2D eigenvalue weighted by molar-refractivity contribution is 0.607. The Morgan fingerprint density at radius 2 is 1.78 bits per heavy atom. The molecular formula is C14H21FN2S. The molecule has 0 amide bonds. The van der Waals surface area contributed by atoms with Gasteiger partial charge in [-0.1, -0.05) is 26.0 Å². The van der Waals surface area contributed by atoms with Crippen LogP contribution in [-0.2, 0) is 6.54 Å². The Labute approximate surface area is 114 Å². The summed E-state index contributed by atoms with van der Waals surface area (Å²) in [5.74, 6) is 0.430. The van der Waals surface area contributed by atoms with E-state index in [1.165, 1.54) is 0 Å². The van der Waals surface area contributed by atoms with Crippen molar-refractivity contribution < 1.29 is 4.39 Å². The van der Waals surface area contributed by atoms with E-state index in [1.807, 2.05) is 12.1 Å². The van der Waals surface area contributed by atoms with Crippen LogP contribution in [0.25, 0.3) is 0 Å². The van der Waals surface area contributed by atoms with Crippen molar-refractivity contribution in [1.82, 2.24) is 10.6 Å². The van der Waals surface area contributed by atoms with E-state index in [0.717, 1.165) is 12.1 Å². The summed E-state index contributed by atoms with van der Waals surface area (Å²) in [6.07, 6.45) is 0. The summed E-state index contributed by atoms with van der Waals surface area (Å²) < 4.78 is 13.5. The van der Waals surface area contributed by atoms with Crippen molar-refractivity contribution in [3.63, 3.8) is 0 Å². The van der Waals surface area contributed by atoms with Gasteiger partial charge < -0.3 is 10.6 Å². The average Bonchev–Trinajstić information content (AvgIpc) is 2.30. The van der Waals surface area contributed by atoms with Gasteiger partial charge in [0, 0.05) is 13.1 Å². The van der Waals surface area contributed by atoms with Gasteiger partial charge in [0.1, 0.15) is 5.82 Å². The van der Waals surface area contributed by atoms with E-state index >= 15 is 0 Å². The Balaban J connectivity index is 2.51. The van der Waals surface area contributed by atoms with Gasteiger partial charge in [-0.05, 0) is 48.7 Å². The van der Waals surface area contributed by atoms with Crippen molar-refractivity contribution in [1.29, 1.82) is 0 Å². The van der Waals surface area contributed by atoms with Crippen molar-refractivity contribution >= 4 is 17.3 Å². The number of benzene rings is 1. The number of rotatable bonds is 4. The highest BCUT2D eigenvalue weighted by Crippen LogP contribution is 2.14. The van der Waals surface area contributed by atoms with E-state index in [1.54, 1.807) is 13.8 Å². The molecule has 0 unspecified atom stereocenters. The summed E-state index contributed by atoms with van der Waals surface area (Å²) in [4.78, 5) is 0. The zero-order valence-corrected chi connectivity index (χ0v) is 12.2. The maximum absolute atomic E-state index is 13.5. The van der Waals surface area contributed by atoms with Crippen LogP contribution in [0.1, 0.15) is 30.5 Å². The molecule has 0 aliphatic carbocycles. The molecule has 0 saturated carbocycles.